The summed E-state index contributed by atoms with van der Waals surface area (Å²) in [6.07, 6.45) is 6.00. The van der Waals surface area contributed by atoms with E-state index in [1.165, 1.54) is 0 Å². The Morgan fingerprint density at radius 1 is 1.56 bits per heavy atom. The molecule has 1 aromatic heterocycles. The molecule has 0 bridgehead atoms. The highest BCUT2D eigenvalue weighted by molar-refractivity contribution is 5.75. The molecule has 0 aliphatic heterocycles. The molecule has 0 saturated heterocycles. The standard InChI is InChI=1S/C11H17N3O2/c15-9-11(3-4-11)8-12-10(16)2-7-14-6-1-5-13-14/h1,5-6,15H,2-4,7-9H2,(H,12,16). The number of aliphatic hydroxyl groups is 1. The Labute approximate surface area is 94.5 Å². The van der Waals surface area contributed by atoms with Gasteiger partial charge in [-0.1, -0.05) is 0 Å². The number of carbonyl (C=O) groups excluding carboxylic acids is 1. The lowest BCUT2D eigenvalue weighted by Crippen LogP contribution is -2.32. The first-order valence-corrected chi connectivity index (χ1v) is 5.59. The van der Waals surface area contributed by atoms with Crippen molar-refractivity contribution in [2.24, 2.45) is 5.41 Å². The molecule has 0 aromatic carbocycles. The lowest BCUT2D eigenvalue weighted by atomic mass is 10.1. The summed E-state index contributed by atoms with van der Waals surface area (Å²) in [7, 11) is 0. The lowest BCUT2D eigenvalue weighted by Gasteiger charge is -2.12. The molecule has 5 heteroatoms. The molecule has 1 aliphatic rings. The van der Waals surface area contributed by atoms with E-state index in [1.807, 2.05) is 12.3 Å². The van der Waals surface area contributed by atoms with E-state index in [-0.39, 0.29) is 17.9 Å². The minimum Gasteiger partial charge on any atom is -0.396 e. The normalized spacial score (nSPS) is 17.1. The van der Waals surface area contributed by atoms with Gasteiger partial charge in [-0.05, 0) is 18.9 Å². The summed E-state index contributed by atoms with van der Waals surface area (Å²) >= 11 is 0. The first-order valence-electron chi connectivity index (χ1n) is 5.59. The number of aliphatic hydroxyl groups excluding tert-OH is 1. The average molecular weight is 223 g/mol. The van der Waals surface area contributed by atoms with E-state index in [9.17, 15) is 4.79 Å². The molecule has 0 spiro atoms. The second-order valence-corrected chi connectivity index (χ2v) is 4.45. The molecule has 1 saturated carbocycles. The Bertz CT molecular complexity index is 344. The van der Waals surface area contributed by atoms with E-state index in [0.29, 0.717) is 19.5 Å². The zero-order chi connectivity index (χ0) is 11.4. The number of hydrogen-bond acceptors (Lipinski definition) is 3. The van der Waals surface area contributed by atoms with Crippen molar-refractivity contribution in [1.82, 2.24) is 15.1 Å². The monoisotopic (exact) mass is 223 g/mol. The summed E-state index contributed by atoms with van der Waals surface area (Å²) in [5.74, 6) is 0.0234. The third kappa shape index (κ3) is 2.82. The fraction of sp³-hybridized carbons (Fsp3) is 0.636. The molecule has 1 amide bonds. The molecule has 5 nitrogen and oxygen atoms in total. The SMILES string of the molecule is O=C(CCn1cccn1)NCC1(CO)CC1. The Kier molecular flexibility index (Phi) is 3.24. The quantitative estimate of drug-likeness (QED) is 0.722. The molecule has 1 heterocycles. The van der Waals surface area contributed by atoms with E-state index < -0.39 is 0 Å². The number of carbonyl (C=O) groups is 1. The van der Waals surface area contributed by atoms with Crippen molar-refractivity contribution < 1.29 is 9.90 Å². The van der Waals surface area contributed by atoms with Crippen LogP contribution in [0.5, 0.6) is 0 Å². The van der Waals surface area contributed by atoms with Gasteiger partial charge < -0.3 is 10.4 Å². The van der Waals surface area contributed by atoms with Gasteiger partial charge in [-0.25, -0.2) is 0 Å². The van der Waals surface area contributed by atoms with Crippen LogP contribution in [0, 0.1) is 5.41 Å². The zero-order valence-electron chi connectivity index (χ0n) is 9.22. The predicted molar refractivity (Wildman–Crippen MR) is 58.6 cm³/mol. The van der Waals surface area contributed by atoms with E-state index in [2.05, 4.69) is 10.4 Å². The van der Waals surface area contributed by atoms with Crippen molar-refractivity contribution in [2.75, 3.05) is 13.2 Å². The maximum Gasteiger partial charge on any atom is 0.221 e. The number of aryl methyl sites for hydroxylation is 1. The van der Waals surface area contributed by atoms with Crippen molar-refractivity contribution in [2.45, 2.75) is 25.8 Å². The summed E-state index contributed by atoms with van der Waals surface area (Å²) in [4.78, 5) is 11.5. The lowest BCUT2D eigenvalue weighted by molar-refractivity contribution is -0.121. The molecule has 2 rings (SSSR count). The van der Waals surface area contributed by atoms with Crippen LogP contribution in [-0.4, -0.2) is 33.9 Å². The summed E-state index contributed by atoms with van der Waals surface area (Å²) < 4.78 is 1.73. The molecule has 2 N–H and O–H groups in total. The van der Waals surface area contributed by atoms with E-state index in [1.54, 1.807) is 10.9 Å². The maximum atomic E-state index is 11.5. The van der Waals surface area contributed by atoms with Crippen LogP contribution in [0.1, 0.15) is 19.3 Å². The minimum atomic E-state index is -0.0125. The van der Waals surface area contributed by atoms with Gasteiger partial charge >= 0.3 is 0 Å². The third-order valence-corrected chi connectivity index (χ3v) is 3.08. The van der Waals surface area contributed by atoms with Crippen LogP contribution in [-0.2, 0) is 11.3 Å². The van der Waals surface area contributed by atoms with Gasteiger partial charge in [0.2, 0.25) is 5.91 Å². The molecule has 0 atom stereocenters. The first-order chi connectivity index (χ1) is 7.74. The van der Waals surface area contributed by atoms with Gasteiger partial charge in [0.25, 0.3) is 0 Å². The van der Waals surface area contributed by atoms with Crippen molar-refractivity contribution in [1.29, 1.82) is 0 Å². The van der Waals surface area contributed by atoms with Gasteiger partial charge in [-0.2, -0.15) is 5.10 Å². The molecule has 1 fully saturated rings. The fourth-order valence-corrected chi connectivity index (χ4v) is 1.59. The second kappa shape index (κ2) is 4.65. The number of amides is 1. The topological polar surface area (TPSA) is 67.2 Å². The molecule has 1 aliphatic carbocycles. The molecule has 0 unspecified atom stereocenters. The van der Waals surface area contributed by atoms with E-state index in [0.717, 1.165) is 12.8 Å². The smallest absolute Gasteiger partial charge is 0.221 e. The number of hydrogen-bond donors (Lipinski definition) is 2. The molecule has 1 aromatic rings. The molecular formula is C11H17N3O2. The largest absolute Gasteiger partial charge is 0.396 e. The highest BCUT2D eigenvalue weighted by Crippen LogP contribution is 2.44. The van der Waals surface area contributed by atoms with Crippen LogP contribution in [0.2, 0.25) is 0 Å². The fourth-order valence-electron chi connectivity index (χ4n) is 1.59. The Morgan fingerprint density at radius 2 is 2.38 bits per heavy atom. The van der Waals surface area contributed by atoms with Crippen LogP contribution in [0.3, 0.4) is 0 Å². The summed E-state index contributed by atoms with van der Waals surface area (Å²) in [6.45, 7) is 1.37. The van der Waals surface area contributed by atoms with Gasteiger partial charge in [0.1, 0.15) is 0 Å². The number of rotatable bonds is 6. The molecular weight excluding hydrogens is 206 g/mol. The van der Waals surface area contributed by atoms with Gasteiger partial charge in [-0.3, -0.25) is 9.48 Å². The second-order valence-electron chi connectivity index (χ2n) is 4.45. The molecule has 0 radical (unpaired) electrons. The summed E-state index contributed by atoms with van der Waals surface area (Å²) in [5.41, 5.74) is -0.0125. The van der Waals surface area contributed by atoms with Crippen molar-refractivity contribution >= 4 is 5.91 Å². The number of nitrogens with one attached hydrogen (secondary N) is 1. The summed E-state index contributed by atoms with van der Waals surface area (Å²) in [6, 6.07) is 1.84. The highest BCUT2D eigenvalue weighted by Gasteiger charge is 2.41. The van der Waals surface area contributed by atoms with Crippen molar-refractivity contribution in [3.05, 3.63) is 18.5 Å². The molecule has 16 heavy (non-hydrogen) atoms. The van der Waals surface area contributed by atoms with Crippen molar-refractivity contribution in [3.63, 3.8) is 0 Å². The van der Waals surface area contributed by atoms with Gasteiger partial charge in [0.15, 0.2) is 0 Å². The van der Waals surface area contributed by atoms with Crippen molar-refractivity contribution in [3.8, 4) is 0 Å². The predicted octanol–water partition coefficient (Wildman–Crippen LogP) is 0.162. The van der Waals surface area contributed by atoms with Crippen LogP contribution in [0.25, 0.3) is 0 Å². The van der Waals surface area contributed by atoms with Crippen LogP contribution < -0.4 is 5.32 Å². The average Bonchev–Trinajstić information content (AvgIpc) is 2.90. The molecule has 88 valence electrons. The Balaban J connectivity index is 1.65. The van der Waals surface area contributed by atoms with Gasteiger partial charge in [0.05, 0.1) is 6.61 Å². The maximum absolute atomic E-state index is 11.5. The number of nitrogens with zero attached hydrogens (tertiary/aromatic N) is 2. The van der Waals surface area contributed by atoms with Crippen LogP contribution in [0.15, 0.2) is 18.5 Å². The van der Waals surface area contributed by atoms with Crippen LogP contribution >= 0.6 is 0 Å². The van der Waals surface area contributed by atoms with Crippen LogP contribution in [0.4, 0.5) is 0 Å². The minimum absolute atomic E-state index is 0.0125. The zero-order valence-corrected chi connectivity index (χ0v) is 9.22. The number of aromatic nitrogens is 2. The first kappa shape index (κ1) is 11.1. The van der Waals surface area contributed by atoms with E-state index in [4.69, 9.17) is 5.11 Å². The van der Waals surface area contributed by atoms with Gasteiger partial charge in [-0.15, -0.1) is 0 Å². The highest BCUT2D eigenvalue weighted by atomic mass is 16.3. The van der Waals surface area contributed by atoms with E-state index >= 15 is 0 Å². The Morgan fingerprint density at radius 3 is 2.94 bits per heavy atom. The van der Waals surface area contributed by atoms with Gasteiger partial charge in [0, 0.05) is 37.3 Å². The third-order valence-electron chi connectivity index (χ3n) is 3.08. The summed E-state index contributed by atoms with van der Waals surface area (Å²) in [5, 5.41) is 16.0. The Hall–Kier alpha value is -1.36.